The zero-order valence-electron chi connectivity index (χ0n) is 13.6. The third-order valence-electron chi connectivity index (χ3n) is 4.52. The first kappa shape index (κ1) is 15.9. The normalized spacial score (nSPS) is 15.1. The smallest absolute Gasteiger partial charge is 0.242 e. The van der Waals surface area contributed by atoms with Gasteiger partial charge in [0, 0.05) is 48.3 Å². The van der Waals surface area contributed by atoms with E-state index in [9.17, 15) is 4.79 Å². The summed E-state index contributed by atoms with van der Waals surface area (Å²) in [7, 11) is 0. The van der Waals surface area contributed by atoms with E-state index in [-0.39, 0.29) is 5.91 Å². The standard InChI is InChI=1S/C18H22ClN3O/c1-14-6-7-15(2)22(14)13-18(23)21-10-8-20(9-11-21)17-5-3-4-16(19)12-17/h3-7,12H,8-11,13H2,1-2H3. The van der Waals surface area contributed by atoms with Gasteiger partial charge in [-0.25, -0.2) is 0 Å². The second-order valence-corrected chi connectivity index (χ2v) is 6.49. The lowest BCUT2D eigenvalue weighted by molar-refractivity contribution is -0.132. The van der Waals surface area contributed by atoms with Crippen LogP contribution in [0.1, 0.15) is 11.4 Å². The van der Waals surface area contributed by atoms with Gasteiger partial charge in [0.15, 0.2) is 0 Å². The molecule has 1 fully saturated rings. The Hall–Kier alpha value is -1.94. The number of anilines is 1. The number of halogens is 1. The highest BCUT2D eigenvalue weighted by atomic mass is 35.5. The maximum atomic E-state index is 12.5. The lowest BCUT2D eigenvalue weighted by atomic mass is 10.2. The van der Waals surface area contributed by atoms with E-state index < -0.39 is 0 Å². The van der Waals surface area contributed by atoms with Gasteiger partial charge in [-0.3, -0.25) is 4.79 Å². The number of carbonyl (C=O) groups is 1. The van der Waals surface area contributed by atoms with Crippen LogP contribution < -0.4 is 4.90 Å². The largest absolute Gasteiger partial charge is 0.368 e. The molecule has 0 bridgehead atoms. The maximum absolute atomic E-state index is 12.5. The number of carbonyl (C=O) groups excluding carboxylic acids is 1. The SMILES string of the molecule is Cc1ccc(C)n1CC(=O)N1CCN(c2cccc(Cl)c2)CC1. The van der Waals surface area contributed by atoms with E-state index in [4.69, 9.17) is 11.6 Å². The molecule has 122 valence electrons. The van der Waals surface area contributed by atoms with Gasteiger partial charge in [0.25, 0.3) is 0 Å². The molecule has 0 atom stereocenters. The lowest BCUT2D eigenvalue weighted by Crippen LogP contribution is -2.49. The summed E-state index contributed by atoms with van der Waals surface area (Å²) in [4.78, 5) is 16.8. The highest BCUT2D eigenvalue weighted by molar-refractivity contribution is 6.30. The molecule has 3 rings (SSSR count). The molecule has 1 aromatic carbocycles. The summed E-state index contributed by atoms with van der Waals surface area (Å²) in [6, 6.07) is 12.0. The van der Waals surface area contributed by atoms with Crippen molar-refractivity contribution in [3.8, 4) is 0 Å². The number of aryl methyl sites for hydroxylation is 2. The molecule has 4 nitrogen and oxygen atoms in total. The molecule has 5 heteroatoms. The maximum Gasteiger partial charge on any atom is 0.242 e. The molecular formula is C18H22ClN3O. The summed E-state index contributed by atoms with van der Waals surface area (Å²) in [5, 5.41) is 0.750. The summed E-state index contributed by atoms with van der Waals surface area (Å²) in [6.45, 7) is 7.71. The Balaban J connectivity index is 1.59. The van der Waals surface area contributed by atoms with Gasteiger partial charge in [-0.1, -0.05) is 17.7 Å². The highest BCUT2D eigenvalue weighted by Crippen LogP contribution is 2.21. The number of amides is 1. The number of hydrogen-bond donors (Lipinski definition) is 0. The minimum Gasteiger partial charge on any atom is -0.368 e. The third kappa shape index (κ3) is 3.53. The molecule has 0 N–H and O–H groups in total. The van der Waals surface area contributed by atoms with Crippen LogP contribution in [0, 0.1) is 13.8 Å². The highest BCUT2D eigenvalue weighted by Gasteiger charge is 2.22. The van der Waals surface area contributed by atoms with Crippen LogP contribution >= 0.6 is 11.6 Å². The molecule has 1 amide bonds. The van der Waals surface area contributed by atoms with E-state index in [0.29, 0.717) is 6.54 Å². The monoisotopic (exact) mass is 331 g/mol. The van der Waals surface area contributed by atoms with E-state index in [0.717, 1.165) is 48.3 Å². The van der Waals surface area contributed by atoms with E-state index in [2.05, 4.69) is 27.7 Å². The molecular weight excluding hydrogens is 310 g/mol. The average molecular weight is 332 g/mol. The fraction of sp³-hybridized carbons (Fsp3) is 0.389. The minimum absolute atomic E-state index is 0.193. The number of benzene rings is 1. The molecule has 1 aromatic heterocycles. The van der Waals surface area contributed by atoms with Crippen molar-refractivity contribution in [3.63, 3.8) is 0 Å². The first-order valence-electron chi connectivity index (χ1n) is 7.95. The van der Waals surface area contributed by atoms with Crippen molar-refractivity contribution in [1.29, 1.82) is 0 Å². The van der Waals surface area contributed by atoms with Gasteiger partial charge in [-0.05, 0) is 44.2 Å². The summed E-state index contributed by atoms with van der Waals surface area (Å²) < 4.78 is 2.08. The van der Waals surface area contributed by atoms with Gasteiger partial charge in [0.05, 0.1) is 0 Å². The van der Waals surface area contributed by atoms with Crippen LogP contribution in [-0.4, -0.2) is 41.6 Å². The van der Waals surface area contributed by atoms with Gasteiger partial charge in [-0.2, -0.15) is 0 Å². The first-order valence-corrected chi connectivity index (χ1v) is 8.33. The zero-order valence-corrected chi connectivity index (χ0v) is 14.4. The molecule has 0 aliphatic carbocycles. The van der Waals surface area contributed by atoms with Gasteiger partial charge < -0.3 is 14.4 Å². The number of rotatable bonds is 3. The van der Waals surface area contributed by atoms with Crippen LogP contribution in [0.4, 0.5) is 5.69 Å². The Morgan fingerprint density at radius 3 is 2.30 bits per heavy atom. The predicted octanol–water partition coefficient (Wildman–Crippen LogP) is 3.11. The quantitative estimate of drug-likeness (QED) is 0.864. The van der Waals surface area contributed by atoms with Crippen LogP contribution in [-0.2, 0) is 11.3 Å². The molecule has 1 saturated heterocycles. The van der Waals surface area contributed by atoms with Gasteiger partial charge in [0.2, 0.25) is 5.91 Å². The van der Waals surface area contributed by atoms with E-state index in [1.165, 1.54) is 0 Å². The van der Waals surface area contributed by atoms with Crippen molar-refractivity contribution >= 4 is 23.2 Å². The molecule has 1 aliphatic heterocycles. The van der Waals surface area contributed by atoms with Gasteiger partial charge >= 0.3 is 0 Å². The van der Waals surface area contributed by atoms with Crippen LogP contribution in [0.5, 0.6) is 0 Å². The fourth-order valence-corrected chi connectivity index (χ4v) is 3.26. The number of hydrogen-bond acceptors (Lipinski definition) is 2. The van der Waals surface area contributed by atoms with E-state index in [1.54, 1.807) is 0 Å². The van der Waals surface area contributed by atoms with Crippen LogP contribution in [0.15, 0.2) is 36.4 Å². The fourth-order valence-electron chi connectivity index (χ4n) is 3.07. The van der Waals surface area contributed by atoms with Gasteiger partial charge in [0.1, 0.15) is 6.54 Å². The van der Waals surface area contributed by atoms with E-state index >= 15 is 0 Å². The zero-order chi connectivity index (χ0) is 16.4. The third-order valence-corrected chi connectivity index (χ3v) is 4.75. The first-order chi connectivity index (χ1) is 11.0. The number of nitrogens with zero attached hydrogens (tertiary/aromatic N) is 3. The molecule has 0 unspecified atom stereocenters. The van der Waals surface area contributed by atoms with Crippen molar-refractivity contribution < 1.29 is 4.79 Å². The topological polar surface area (TPSA) is 28.5 Å². The van der Waals surface area contributed by atoms with Gasteiger partial charge in [-0.15, -0.1) is 0 Å². The minimum atomic E-state index is 0.193. The Morgan fingerprint density at radius 2 is 1.70 bits per heavy atom. The van der Waals surface area contributed by atoms with Crippen LogP contribution in [0.2, 0.25) is 5.02 Å². The Labute approximate surface area is 142 Å². The van der Waals surface area contributed by atoms with Crippen molar-refractivity contribution in [3.05, 3.63) is 52.8 Å². The number of aromatic nitrogens is 1. The molecule has 0 radical (unpaired) electrons. The Kier molecular flexibility index (Phi) is 4.62. The molecule has 0 spiro atoms. The average Bonchev–Trinajstić information content (AvgIpc) is 2.87. The lowest BCUT2D eigenvalue weighted by Gasteiger charge is -2.36. The van der Waals surface area contributed by atoms with E-state index in [1.807, 2.05) is 36.9 Å². The summed E-state index contributed by atoms with van der Waals surface area (Å²) in [6.07, 6.45) is 0. The molecule has 0 saturated carbocycles. The van der Waals surface area contributed by atoms with Crippen molar-refractivity contribution in [2.75, 3.05) is 31.1 Å². The summed E-state index contributed by atoms with van der Waals surface area (Å²) in [5.74, 6) is 0.193. The molecule has 1 aliphatic rings. The summed E-state index contributed by atoms with van der Waals surface area (Å²) in [5.41, 5.74) is 3.39. The van der Waals surface area contributed by atoms with Crippen molar-refractivity contribution in [1.82, 2.24) is 9.47 Å². The van der Waals surface area contributed by atoms with Crippen LogP contribution in [0.25, 0.3) is 0 Å². The van der Waals surface area contributed by atoms with Crippen molar-refractivity contribution in [2.24, 2.45) is 0 Å². The van der Waals surface area contributed by atoms with Crippen molar-refractivity contribution in [2.45, 2.75) is 20.4 Å². The summed E-state index contributed by atoms with van der Waals surface area (Å²) >= 11 is 6.06. The second-order valence-electron chi connectivity index (χ2n) is 6.05. The number of piperazine rings is 1. The van der Waals surface area contributed by atoms with Crippen LogP contribution in [0.3, 0.4) is 0 Å². The molecule has 23 heavy (non-hydrogen) atoms. The molecule has 2 aromatic rings. The second kappa shape index (κ2) is 6.67. The Morgan fingerprint density at radius 1 is 1.04 bits per heavy atom. The Bertz CT molecular complexity index is 683. The molecule has 2 heterocycles. The predicted molar refractivity (Wildman–Crippen MR) is 94.2 cm³/mol.